The zero-order valence-corrected chi connectivity index (χ0v) is 15.8. The monoisotopic (exact) mass is 416 g/mol. The average molecular weight is 417 g/mol. The standard InChI is InChI=1S/C17H13BrN4O2S/c1-9-3-4-11(10(2)7-9)12-8-25-17-20-16(21-22(12)17)19-15(23)13-5-6-14(18)24-13/h3-8H,1-2H3,(H,19,21,23). The molecule has 3 heterocycles. The van der Waals surface area contributed by atoms with E-state index in [0.717, 1.165) is 11.3 Å². The first kappa shape index (κ1) is 16.0. The van der Waals surface area contributed by atoms with Gasteiger partial charge in [0.05, 0.1) is 5.69 Å². The molecule has 25 heavy (non-hydrogen) atoms. The number of hydrogen-bond donors (Lipinski definition) is 1. The number of benzene rings is 1. The summed E-state index contributed by atoms with van der Waals surface area (Å²) >= 11 is 4.65. The van der Waals surface area contributed by atoms with E-state index in [9.17, 15) is 4.79 Å². The van der Waals surface area contributed by atoms with Crippen LogP contribution < -0.4 is 5.32 Å². The van der Waals surface area contributed by atoms with E-state index in [0.29, 0.717) is 9.63 Å². The van der Waals surface area contributed by atoms with Crippen molar-refractivity contribution in [1.29, 1.82) is 0 Å². The number of fused-ring (bicyclic) bond motifs is 1. The molecule has 126 valence electrons. The normalized spacial score (nSPS) is 11.2. The molecule has 0 atom stereocenters. The fourth-order valence-corrected chi connectivity index (χ4v) is 3.75. The predicted octanol–water partition coefficient (Wildman–Crippen LogP) is 4.68. The lowest BCUT2D eigenvalue weighted by molar-refractivity contribution is 0.0994. The van der Waals surface area contributed by atoms with Gasteiger partial charge < -0.3 is 4.42 Å². The number of carbonyl (C=O) groups is 1. The Morgan fingerprint density at radius 2 is 2.12 bits per heavy atom. The first-order valence-corrected chi connectivity index (χ1v) is 9.17. The summed E-state index contributed by atoms with van der Waals surface area (Å²) in [5.74, 6) is 0.0482. The van der Waals surface area contributed by atoms with Crippen LogP contribution in [0.4, 0.5) is 5.95 Å². The summed E-state index contributed by atoms with van der Waals surface area (Å²) in [6, 6.07) is 9.52. The largest absolute Gasteiger partial charge is 0.444 e. The van der Waals surface area contributed by atoms with Gasteiger partial charge in [0.25, 0.3) is 11.9 Å². The van der Waals surface area contributed by atoms with Crippen LogP contribution in [0.15, 0.2) is 44.8 Å². The molecule has 0 aliphatic heterocycles. The summed E-state index contributed by atoms with van der Waals surface area (Å²) in [5.41, 5.74) is 4.42. The Morgan fingerprint density at radius 1 is 1.28 bits per heavy atom. The molecular weight excluding hydrogens is 404 g/mol. The lowest BCUT2D eigenvalue weighted by Gasteiger charge is -2.05. The zero-order valence-electron chi connectivity index (χ0n) is 13.4. The maximum atomic E-state index is 12.2. The molecule has 8 heteroatoms. The van der Waals surface area contributed by atoms with Crippen LogP contribution in [0.3, 0.4) is 0 Å². The molecule has 0 bridgehead atoms. The Labute approximate surface area is 155 Å². The van der Waals surface area contributed by atoms with Crippen molar-refractivity contribution in [3.05, 3.63) is 57.3 Å². The van der Waals surface area contributed by atoms with Gasteiger partial charge in [0.1, 0.15) is 0 Å². The van der Waals surface area contributed by atoms with Crippen LogP contribution in [-0.4, -0.2) is 20.5 Å². The van der Waals surface area contributed by atoms with Crippen molar-refractivity contribution in [1.82, 2.24) is 14.6 Å². The van der Waals surface area contributed by atoms with Gasteiger partial charge in [0, 0.05) is 10.9 Å². The maximum absolute atomic E-state index is 12.2. The third-order valence-electron chi connectivity index (χ3n) is 3.76. The number of rotatable bonds is 3. The molecule has 0 spiro atoms. The molecule has 0 fully saturated rings. The Morgan fingerprint density at radius 3 is 2.84 bits per heavy atom. The van der Waals surface area contributed by atoms with E-state index in [1.807, 2.05) is 5.38 Å². The molecule has 0 aliphatic carbocycles. The van der Waals surface area contributed by atoms with Crippen molar-refractivity contribution in [3.8, 4) is 11.3 Å². The fourth-order valence-electron chi connectivity index (χ4n) is 2.62. The third kappa shape index (κ3) is 2.98. The second-order valence-electron chi connectivity index (χ2n) is 5.63. The second-order valence-corrected chi connectivity index (χ2v) is 7.25. The van der Waals surface area contributed by atoms with E-state index in [2.05, 4.69) is 63.4 Å². The molecule has 4 rings (SSSR count). The minimum absolute atomic E-state index is 0.194. The molecule has 1 N–H and O–H groups in total. The number of carbonyl (C=O) groups excluding carboxylic acids is 1. The van der Waals surface area contributed by atoms with Gasteiger partial charge in [-0.2, -0.15) is 4.98 Å². The molecule has 1 amide bonds. The Bertz CT molecular complexity index is 1100. The van der Waals surface area contributed by atoms with Crippen LogP contribution in [-0.2, 0) is 0 Å². The lowest BCUT2D eigenvalue weighted by Crippen LogP contribution is -2.12. The van der Waals surface area contributed by atoms with Gasteiger partial charge in [-0.25, -0.2) is 4.52 Å². The van der Waals surface area contributed by atoms with Crippen molar-refractivity contribution in [2.24, 2.45) is 0 Å². The van der Waals surface area contributed by atoms with Crippen molar-refractivity contribution < 1.29 is 9.21 Å². The second kappa shape index (κ2) is 6.12. The number of anilines is 1. The van der Waals surface area contributed by atoms with Gasteiger partial charge in [0.2, 0.25) is 4.96 Å². The van der Waals surface area contributed by atoms with Crippen LogP contribution in [0, 0.1) is 13.8 Å². The van der Waals surface area contributed by atoms with Crippen LogP contribution in [0.1, 0.15) is 21.7 Å². The van der Waals surface area contributed by atoms with Crippen molar-refractivity contribution in [2.45, 2.75) is 13.8 Å². The highest BCUT2D eigenvalue weighted by Crippen LogP contribution is 2.29. The molecule has 1 aromatic carbocycles. The van der Waals surface area contributed by atoms with E-state index in [1.54, 1.807) is 16.6 Å². The quantitative estimate of drug-likeness (QED) is 0.525. The molecule has 6 nitrogen and oxygen atoms in total. The van der Waals surface area contributed by atoms with Gasteiger partial charge >= 0.3 is 0 Å². The minimum atomic E-state index is -0.392. The van der Waals surface area contributed by atoms with Crippen molar-refractivity contribution in [3.63, 3.8) is 0 Å². The summed E-state index contributed by atoms with van der Waals surface area (Å²) in [6.07, 6.45) is 0. The number of nitrogens with zero attached hydrogens (tertiary/aromatic N) is 3. The topological polar surface area (TPSA) is 72.4 Å². The van der Waals surface area contributed by atoms with Gasteiger partial charge in [-0.15, -0.1) is 16.4 Å². The minimum Gasteiger partial charge on any atom is -0.444 e. The van der Waals surface area contributed by atoms with Gasteiger partial charge in [-0.05, 0) is 47.5 Å². The number of aryl methyl sites for hydroxylation is 2. The molecule has 0 saturated carbocycles. The molecule has 0 unspecified atom stereocenters. The lowest BCUT2D eigenvalue weighted by atomic mass is 10.0. The first-order chi connectivity index (χ1) is 12.0. The summed E-state index contributed by atoms with van der Waals surface area (Å²) < 4.78 is 7.48. The third-order valence-corrected chi connectivity index (χ3v) is 5.00. The highest BCUT2D eigenvalue weighted by atomic mass is 79.9. The predicted molar refractivity (Wildman–Crippen MR) is 100 cm³/mol. The number of nitrogens with one attached hydrogen (secondary N) is 1. The Balaban J connectivity index is 1.67. The molecule has 0 aliphatic rings. The van der Waals surface area contributed by atoms with E-state index < -0.39 is 5.91 Å². The molecular formula is C17H13BrN4O2S. The molecule has 0 radical (unpaired) electrons. The SMILES string of the molecule is Cc1ccc(-c2csc3nc(NC(=O)c4ccc(Br)o4)nn23)c(C)c1. The van der Waals surface area contributed by atoms with Gasteiger partial charge in [0.15, 0.2) is 10.4 Å². The number of halogens is 1. The van der Waals surface area contributed by atoms with Crippen LogP contribution >= 0.6 is 27.3 Å². The Hall–Kier alpha value is -2.45. The van der Waals surface area contributed by atoms with Crippen molar-refractivity contribution in [2.75, 3.05) is 5.32 Å². The van der Waals surface area contributed by atoms with Crippen molar-refractivity contribution >= 4 is 44.1 Å². The van der Waals surface area contributed by atoms with E-state index in [4.69, 9.17) is 4.42 Å². The molecule has 4 aromatic rings. The molecule has 0 saturated heterocycles. The number of amides is 1. The summed E-state index contributed by atoms with van der Waals surface area (Å²) in [5, 5.41) is 9.09. The number of aromatic nitrogens is 3. The van der Waals surface area contributed by atoms with Gasteiger partial charge in [-0.1, -0.05) is 23.8 Å². The summed E-state index contributed by atoms with van der Waals surface area (Å²) in [6.45, 7) is 4.14. The van der Waals surface area contributed by atoms with Gasteiger partial charge in [-0.3, -0.25) is 10.1 Å². The summed E-state index contributed by atoms with van der Waals surface area (Å²) in [4.78, 5) is 17.2. The molecule has 3 aromatic heterocycles. The van der Waals surface area contributed by atoms with E-state index in [1.165, 1.54) is 22.5 Å². The number of hydrogen-bond acceptors (Lipinski definition) is 5. The van der Waals surface area contributed by atoms with Crippen LogP contribution in [0.5, 0.6) is 0 Å². The zero-order chi connectivity index (χ0) is 17.6. The number of furan rings is 1. The average Bonchev–Trinajstić information content (AvgIpc) is 3.23. The highest BCUT2D eigenvalue weighted by Gasteiger charge is 2.17. The van der Waals surface area contributed by atoms with E-state index >= 15 is 0 Å². The fraction of sp³-hybridized carbons (Fsp3) is 0.118. The van der Waals surface area contributed by atoms with Crippen LogP contribution in [0.2, 0.25) is 0 Å². The summed E-state index contributed by atoms with van der Waals surface area (Å²) in [7, 11) is 0. The van der Waals surface area contributed by atoms with E-state index in [-0.39, 0.29) is 11.7 Å². The number of thiazole rings is 1. The maximum Gasteiger partial charge on any atom is 0.293 e. The first-order valence-electron chi connectivity index (χ1n) is 7.50. The Kier molecular flexibility index (Phi) is 3.93. The van der Waals surface area contributed by atoms with Crippen LogP contribution in [0.25, 0.3) is 16.2 Å². The smallest absolute Gasteiger partial charge is 0.293 e. The highest BCUT2D eigenvalue weighted by molar-refractivity contribution is 9.10.